The van der Waals surface area contributed by atoms with Gasteiger partial charge >= 0.3 is 0 Å². The van der Waals surface area contributed by atoms with Crippen molar-refractivity contribution in [1.82, 2.24) is 0 Å². The molecule has 0 radical (unpaired) electrons. The zero-order valence-electron chi connectivity index (χ0n) is 21.8. The maximum absolute atomic E-state index is 15.0. The molecule has 4 rings (SSSR count). The van der Waals surface area contributed by atoms with Gasteiger partial charge in [0.25, 0.3) is 6.43 Å². The van der Waals surface area contributed by atoms with Crippen LogP contribution < -0.4 is 0 Å². The second kappa shape index (κ2) is 13.0. The first kappa shape index (κ1) is 29.1. The number of hydrogen-bond acceptors (Lipinski definition) is 0. The summed E-state index contributed by atoms with van der Waals surface area (Å²) in [5.41, 5.74) is 2.20. The highest BCUT2D eigenvalue weighted by molar-refractivity contribution is 5.71. The summed E-state index contributed by atoms with van der Waals surface area (Å²) in [6, 6.07) is 15.6. The number of hydrogen-bond donors (Lipinski definition) is 0. The highest BCUT2D eigenvalue weighted by Gasteiger charge is 2.14. The number of allylic oxidation sites excluding steroid dienone is 2. The number of benzene rings is 4. The Labute approximate surface area is 228 Å². The number of rotatable bonds is 10. The molecule has 4 aromatic carbocycles. The van der Waals surface area contributed by atoms with Gasteiger partial charge in [-0.15, -0.1) is 0 Å². The molecule has 4 aromatic rings. The Morgan fingerprint density at radius 1 is 0.600 bits per heavy atom. The van der Waals surface area contributed by atoms with E-state index in [0.717, 1.165) is 36.6 Å². The van der Waals surface area contributed by atoms with Crippen LogP contribution in [-0.4, -0.2) is 6.43 Å². The third-order valence-corrected chi connectivity index (χ3v) is 6.70. The summed E-state index contributed by atoms with van der Waals surface area (Å²) in [5, 5.41) is 0. The SMILES string of the molecule is CCCc1ccc(-c2ccc(-c3ccc(CCc4cc(F)c(C/C=C/C(F)F)c(F)c4)c(F)c3)c(F)c2)c(F)c1. The number of halogens is 7. The highest BCUT2D eigenvalue weighted by atomic mass is 19.3. The average molecular weight is 557 g/mol. The summed E-state index contributed by atoms with van der Waals surface area (Å²) in [7, 11) is 0. The van der Waals surface area contributed by atoms with Crippen molar-refractivity contribution in [3.05, 3.63) is 130 Å². The molecule has 0 amide bonds. The van der Waals surface area contributed by atoms with Crippen molar-refractivity contribution in [3.63, 3.8) is 0 Å². The maximum Gasteiger partial charge on any atom is 0.257 e. The Morgan fingerprint density at radius 2 is 1.18 bits per heavy atom. The molecule has 0 bridgehead atoms. The molecular weight excluding hydrogens is 529 g/mol. The molecule has 0 heterocycles. The Bertz CT molecular complexity index is 1500. The standard InChI is InChI=1S/C33H27F7/c1-2-4-20-8-13-25(29(35)15-20)24-12-14-26(32(38)19-24)23-11-10-22(28(34)18-23)9-7-21-16-30(36)27(31(37)17-21)5-3-6-33(39)40/h3,6,8,10-19,33H,2,4-5,7,9H2,1H3/b6-3+. The molecule has 0 spiro atoms. The molecular formula is C33H27F7. The van der Waals surface area contributed by atoms with Crippen LogP contribution in [0.1, 0.15) is 35.6 Å². The van der Waals surface area contributed by atoms with Gasteiger partial charge < -0.3 is 0 Å². The average Bonchev–Trinajstić information content (AvgIpc) is 2.89. The van der Waals surface area contributed by atoms with Gasteiger partial charge in [-0.05, 0) is 89.9 Å². The van der Waals surface area contributed by atoms with Crippen LogP contribution in [0.3, 0.4) is 0 Å². The molecule has 0 N–H and O–H groups in total. The summed E-state index contributed by atoms with van der Waals surface area (Å²) in [6.07, 6.45) is 0.430. The second-order valence-corrected chi connectivity index (χ2v) is 9.57. The molecule has 208 valence electrons. The predicted octanol–water partition coefficient (Wildman–Crippen LogP) is 9.82. The van der Waals surface area contributed by atoms with E-state index in [1.165, 1.54) is 30.3 Å². The van der Waals surface area contributed by atoms with Gasteiger partial charge in [-0.25, -0.2) is 30.7 Å². The smallest absolute Gasteiger partial charge is 0.207 e. The van der Waals surface area contributed by atoms with E-state index < -0.39 is 35.5 Å². The highest BCUT2D eigenvalue weighted by Crippen LogP contribution is 2.31. The Kier molecular flexibility index (Phi) is 9.46. The van der Waals surface area contributed by atoms with Gasteiger partial charge in [0.1, 0.15) is 29.1 Å². The Hall–Kier alpha value is -3.87. The van der Waals surface area contributed by atoms with Crippen LogP contribution in [0, 0.1) is 29.1 Å². The third kappa shape index (κ3) is 7.00. The molecule has 0 aliphatic carbocycles. The van der Waals surface area contributed by atoms with Crippen molar-refractivity contribution in [1.29, 1.82) is 0 Å². The fraction of sp³-hybridized carbons (Fsp3) is 0.212. The molecule has 40 heavy (non-hydrogen) atoms. The van der Waals surface area contributed by atoms with Gasteiger partial charge in [0.15, 0.2) is 0 Å². The molecule has 7 heteroatoms. The van der Waals surface area contributed by atoms with Crippen molar-refractivity contribution in [3.8, 4) is 22.3 Å². The zero-order valence-corrected chi connectivity index (χ0v) is 21.8. The van der Waals surface area contributed by atoms with Crippen LogP contribution in [0.4, 0.5) is 30.7 Å². The lowest BCUT2D eigenvalue weighted by Gasteiger charge is -2.11. The lowest BCUT2D eigenvalue weighted by molar-refractivity contribution is 0.204. The summed E-state index contributed by atoms with van der Waals surface area (Å²) >= 11 is 0. The Balaban J connectivity index is 1.47. The van der Waals surface area contributed by atoms with Crippen molar-refractivity contribution in [2.75, 3.05) is 0 Å². The van der Waals surface area contributed by atoms with Crippen molar-refractivity contribution >= 4 is 0 Å². The fourth-order valence-electron chi connectivity index (χ4n) is 4.63. The van der Waals surface area contributed by atoms with E-state index >= 15 is 4.39 Å². The minimum atomic E-state index is -2.71. The summed E-state index contributed by atoms with van der Waals surface area (Å²) in [4.78, 5) is 0. The number of aryl methyl sites for hydroxylation is 3. The van der Waals surface area contributed by atoms with Crippen LogP contribution >= 0.6 is 0 Å². The number of alkyl halides is 2. The fourth-order valence-corrected chi connectivity index (χ4v) is 4.63. The quantitative estimate of drug-likeness (QED) is 0.135. The van der Waals surface area contributed by atoms with Crippen LogP contribution in [0.15, 0.2) is 78.9 Å². The normalized spacial score (nSPS) is 11.6. The van der Waals surface area contributed by atoms with Gasteiger partial charge in [0.2, 0.25) is 0 Å². The van der Waals surface area contributed by atoms with E-state index in [-0.39, 0.29) is 47.1 Å². The van der Waals surface area contributed by atoms with Gasteiger partial charge in [-0.1, -0.05) is 55.8 Å². The van der Waals surface area contributed by atoms with Gasteiger partial charge in [-0.2, -0.15) is 0 Å². The molecule has 0 saturated heterocycles. The van der Waals surface area contributed by atoms with Crippen molar-refractivity contribution < 1.29 is 30.7 Å². The molecule has 0 aliphatic heterocycles. The van der Waals surface area contributed by atoms with Crippen LogP contribution in [0.2, 0.25) is 0 Å². The van der Waals surface area contributed by atoms with Gasteiger partial charge in [0, 0.05) is 16.7 Å². The lowest BCUT2D eigenvalue weighted by Crippen LogP contribution is -2.01. The van der Waals surface area contributed by atoms with E-state index in [1.807, 2.05) is 13.0 Å². The van der Waals surface area contributed by atoms with Crippen LogP contribution in [-0.2, 0) is 25.7 Å². The third-order valence-electron chi connectivity index (χ3n) is 6.70. The largest absolute Gasteiger partial charge is 0.257 e. The first-order chi connectivity index (χ1) is 19.2. The predicted molar refractivity (Wildman–Crippen MR) is 144 cm³/mol. The van der Waals surface area contributed by atoms with Gasteiger partial charge in [-0.3, -0.25) is 0 Å². The minimum Gasteiger partial charge on any atom is -0.207 e. The summed E-state index contributed by atoms with van der Waals surface area (Å²) < 4.78 is 97.7. The van der Waals surface area contributed by atoms with E-state index in [2.05, 4.69) is 0 Å². The Morgan fingerprint density at radius 3 is 1.75 bits per heavy atom. The van der Waals surface area contributed by atoms with E-state index in [0.29, 0.717) is 17.2 Å². The topological polar surface area (TPSA) is 0 Å². The summed E-state index contributed by atoms with van der Waals surface area (Å²) in [5.74, 6) is -3.39. The van der Waals surface area contributed by atoms with Crippen LogP contribution in [0.25, 0.3) is 22.3 Å². The van der Waals surface area contributed by atoms with E-state index in [9.17, 15) is 26.3 Å². The second-order valence-electron chi connectivity index (χ2n) is 9.57. The molecule has 0 aromatic heterocycles. The summed E-state index contributed by atoms with van der Waals surface area (Å²) in [6.45, 7) is 2.00. The molecule has 0 fully saturated rings. The minimum absolute atomic E-state index is 0.128. The molecule has 0 nitrogen and oxygen atoms in total. The lowest BCUT2D eigenvalue weighted by atomic mass is 9.96. The first-order valence-electron chi connectivity index (χ1n) is 12.9. The zero-order chi connectivity index (χ0) is 28.8. The monoisotopic (exact) mass is 556 g/mol. The van der Waals surface area contributed by atoms with Crippen LogP contribution in [0.5, 0.6) is 0 Å². The molecule has 0 atom stereocenters. The first-order valence-corrected chi connectivity index (χ1v) is 12.9. The van der Waals surface area contributed by atoms with E-state index in [1.54, 1.807) is 18.2 Å². The van der Waals surface area contributed by atoms with Gasteiger partial charge in [0.05, 0.1) is 0 Å². The molecule has 0 aliphatic rings. The van der Waals surface area contributed by atoms with E-state index in [4.69, 9.17) is 0 Å². The molecule has 0 unspecified atom stereocenters. The van der Waals surface area contributed by atoms with Crippen molar-refractivity contribution in [2.24, 2.45) is 0 Å². The van der Waals surface area contributed by atoms with Crippen molar-refractivity contribution in [2.45, 2.75) is 45.5 Å². The molecule has 0 saturated carbocycles. The maximum atomic E-state index is 15.0.